The van der Waals surface area contributed by atoms with Crippen molar-refractivity contribution in [2.75, 3.05) is 26.4 Å². The first kappa shape index (κ1) is 13.0. The van der Waals surface area contributed by atoms with Crippen molar-refractivity contribution in [3.8, 4) is 0 Å². The number of anilines is 1. The average Bonchev–Trinajstić information content (AvgIpc) is 2.29. The Morgan fingerprint density at radius 3 is 2.65 bits per heavy atom. The monoisotopic (exact) mass is 236 g/mol. The van der Waals surface area contributed by atoms with E-state index < -0.39 is 0 Å². The summed E-state index contributed by atoms with van der Waals surface area (Å²) in [5.74, 6) is -0.341. The Morgan fingerprint density at radius 2 is 2.12 bits per heavy atom. The molecule has 0 spiro atoms. The summed E-state index contributed by atoms with van der Waals surface area (Å²) in [6.45, 7) is 0.294. The van der Waals surface area contributed by atoms with Crippen molar-refractivity contribution in [3.05, 3.63) is 24.0 Å². The molecule has 92 valence electrons. The topological polar surface area (TPSA) is 88.3 Å². The van der Waals surface area contributed by atoms with Crippen LogP contribution in [0.4, 0.5) is 5.69 Å². The van der Waals surface area contributed by atoms with E-state index in [9.17, 15) is 9.59 Å². The number of hydrogen-bond donors (Lipinski definition) is 2. The van der Waals surface area contributed by atoms with Crippen molar-refractivity contribution in [3.63, 3.8) is 0 Å². The third-order valence-corrected chi connectivity index (χ3v) is 2.14. The average molecular weight is 236 g/mol. The highest BCUT2D eigenvalue weighted by atomic mass is 16.2. The van der Waals surface area contributed by atoms with Crippen LogP contribution < -0.4 is 11.1 Å². The maximum atomic E-state index is 11.6. The van der Waals surface area contributed by atoms with Gasteiger partial charge in [-0.2, -0.15) is 0 Å². The maximum absolute atomic E-state index is 11.6. The number of nitrogen functional groups attached to an aromatic ring is 1. The minimum atomic E-state index is -0.309. The van der Waals surface area contributed by atoms with Gasteiger partial charge in [0.2, 0.25) is 5.91 Å². The van der Waals surface area contributed by atoms with Gasteiger partial charge in [-0.3, -0.25) is 9.59 Å². The van der Waals surface area contributed by atoms with Crippen molar-refractivity contribution >= 4 is 17.5 Å². The molecule has 6 nitrogen and oxygen atoms in total. The highest BCUT2D eigenvalue weighted by Gasteiger charge is 2.08. The van der Waals surface area contributed by atoms with Crippen molar-refractivity contribution in [2.24, 2.45) is 0 Å². The van der Waals surface area contributed by atoms with Crippen LogP contribution in [-0.2, 0) is 4.79 Å². The molecule has 0 atom stereocenters. The molecular formula is C11H16N4O2. The number of carbonyl (C=O) groups is 2. The van der Waals surface area contributed by atoms with Gasteiger partial charge in [0, 0.05) is 27.1 Å². The lowest BCUT2D eigenvalue weighted by atomic mass is 10.3. The third-order valence-electron chi connectivity index (χ3n) is 2.14. The van der Waals surface area contributed by atoms with Gasteiger partial charge in [-0.05, 0) is 12.1 Å². The molecule has 17 heavy (non-hydrogen) atoms. The highest BCUT2D eigenvalue weighted by molar-refractivity contribution is 5.92. The van der Waals surface area contributed by atoms with Crippen molar-refractivity contribution < 1.29 is 9.59 Å². The second kappa shape index (κ2) is 5.83. The predicted molar refractivity (Wildman–Crippen MR) is 64.3 cm³/mol. The summed E-state index contributed by atoms with van der Waals surface area (Å²) in [7, 11) is 3.34. The van der Waals surface area contributed by atoms with Gasteiger partial charge in [0.1, 0.15) is 5.69 Å². The van der Waals surface area contributed by atoms with Crippen LogP contribution in [0.2, 0.25) is 0 Å². The summed E-state index contributed by atoms with van der Waals surface area (Å²) < 4.78 is 0. The van der Waals surface area contributed by atoms with Gasteiger partial charge in [0.25, 0.3) is 5.91 Å². The molecule has 0 aliphatic rings. The Balaban J connectivity index is 2.40. The molecule has 0 saturated heterocycles. The second-order valence-corrected chi connectivity index (χ2v) is 3.77. The van der Waals surface area contributed by atoms with Crippen molar-refractivity contribution in [2.45, 2.75) is 6.42 Å². The maximum Gasteiger partial charge on any atom is 0.269 e. The molecule has 0 aromatic carbocycles. The zero-order valence-electron chi connectivity index (χ0n) is 9.93. The lowest BCUT2D eigenvalue weighted by Gasteiger charge is -2.10. The van der Waals surface area contributed by atoms with Gasteiger partial charge in [-0.25, -0.2) is 4.98 Å². The van der Waals surface area contributed by atoms with Crippen LogP contribution in [0.3, 0.4) is 0 Å². The van der Waals surface area contributed by atoms with E-state index in [1.807, 2.05) is 0 Å². The second-order valence-electron chi connectivity index (χ2n) is 3.77. The Hall–Kier alpha value is -2.11. The van der Waals surface area contributed by atoms with Gasteiger partial charge in [-0.1, -0.05) is 0 Å². The summed E-state index contributed by atoms with van der Waals surface area (Å²) in [6.07, 6.45) is 1.69. The summed E-state index contributed by atoms with van der Waals surface area (Å²) in [6, 6.07) is 3.14. The van der Waals surface area contributed by atoms with E-state index in [0.29, 0.717) is 12.2 Å². The Labute approximate surface area is 99.8 Å². The van der Waals surface area contributed by atoms with Crippen LogP contribution in [0.5, 0.6) is 0 Å². The number of carbonyl (C=O) groups excluding carboxylic acids is 2. The molecule has 1 aromatic heterocycles. The molecular weight excluding hydrogens is 220 g/mol. The van der Waals surface area contributed by atoms with Gasteiger partial charge in [0.05, 0.1) is 11.9 Å². The fourth-order valence-corrected chi connectivity index (χ4v) is 1.14. The Kier molecular flexibility index (Phi) is 4.45. The van der Waals surface area contributed by atoms with Gasteiger partial charge >= 0.3 is 0 Å². The first-order valence-electron chi connectivity index (χ1n) is 5.20. The third kappa shape index (κ3) is 4.10. The van der Waals surface area contributed by atoms with E-state index >= 15 is 0 Å². The highest BCUT2D eigenvalue weighted by Crippen LogP contribution is 2.00. The van der Waals surface area contributed by atoms with Crippen LogP contribution in [-0.4, -0.2) is 42.3 Å². The normalized spacial score (nSPS) is 9.76. The smallest absolute Gasteiger partial charge is 0.269 e. The standard InChI is InChI=1S/C11H16N4O2/c1-15(2)10(16)5-6-13-11(17)9-4-3-8(12)7-14-9/h3-4,7H,5-6,12H2,1-2H3,(H,13,17). The number of rotatable bonds is 4. The van der Waals surface area contributed by atoms with Crippen LogP contribution >= 0.6 is 0 Å². The Bertz CT molecular complexity index is 400. The summed E-state index contributed by atoms with van der Waals surface area (Å²) in [5, 5.41) is 2.61. The van der Waals surface area contributed by atoms with Crippen LogP contribution in [0.25, 0.3) is 0 Å². The van der Waals surface area contributed by atoms with E-state index in [0.717, 1.165) is 0 Å². The number of pyridine rings is 1. The zero-order valence-corrected chi connectivity index (χ0v) is 9.93. The van der Waals surface area contributed by atoms with Crippen molar-refractivity contribution in [1.29, 1.82) is 0 Å². The summed E-state index contributed by atoms with van der Waals surface area (Å²) >= 11 is 0. The lowest BCUT2D eigenvalue weighted by Crippen LogP contribution is -2.30. The quantitative estimate of drug-likeness (QED) is 0.762. The van der Waals surface area contributed by atoms with E-state index in [1.54, 1.807) is 26.2 Å². The molecule has 1 heterocycles. The predicted octanol–water partition coefficient (Wildman–Crippen LogP) is -0.128. The van der Waals surface area contributed by atoms with Gasteiger partial charge < -0.3 is 16.0 Å². The minimum absolute atomic E-state index is 0.0319. The first-order chi connectivity index (χ1) is 8.00. The van der Waals surface area contributed by atoms with Gasteiger partial charge in [-0.15, -0.1) is 0 Å². The minimum Gasteiger partial charge on any atom is -0.397 e. The molecule has 2 amide bonds. The van der Waals surface area contributed by atoms with E-state index in [2.05, 4.69) is 10.3 Å². The molecule has 1 rings (SSSR count). The molecule has 0 bridgehead atoms. The Morgan fingerprint density at radius 1 is 1.41 bits per heavy atom. The van der Waals surface area contributed by atoms with Crippen LogP contribution in [0.1, 0.15) is 16.9 Å². The van der Waals surface area contributed by atoms with Crippen LogP contribution in [0.15, 0.2) is 18.3 Å². The van der Waals surface area contributed by atoms with E-state index in [4.69, 9.17) is 5.73 Å². The summed E-state index contributed by atoms with van der Waals surface area (Å²) in [5.41, 5.74) is 6.25. The SMILES string of the molecule is CN(C)C(=O)CCNC(=O)c1ccc(N)cn1. The fourth-order valence-electron chi connectivity index (χ4n) is 1.14. The summed E-state index contributed by atoms with van der Waals surface area (Å²) in [4.78, 5) is 28.2. The zero-order chi connectivity index (χ0) is 12.8. The molecule has 0 radical (unpaired) electrons. The first-order valence-corrected chi connectivity index (χ1v) is 5.20. The molecule has 0 aliphatic heterocycles. The molecule has 0 unspecified atom stereocenters. The van der Waals surface area contributed by atoms with E-state index in [1.165, 1.54) is 11.1 Å². The molecule has 6 heteroatoms. The number of hydrogen-bond acceptors (Lipinski definition) is 4. The number of nitrogens with zero attached hydrogens (tertiary/aromatic N) is 2. The van der Waals surface area contributed by atoms with Crippen LogP contribution in [0, 0.1) is 0 Å². The number of nitrogens with two attached hydrogens (primary N) is 1. The molecule has 0 saturated carbocycles. The largest absolute Gasteiger partial charge is 0.397 e. The number of aromatic nitrogens is 1. The fraction of sp³-hybridized carbons (Fsp3) is 0.364. The number of amides is 2. The molecule has 0 fully saturated rings. The van der Waals surface area contributed by atoms with Gasteiger partial charge in [0.15, 0.2) is 0 Å². The molecule has 0 aliphatic carbocycles. The van der Waals surface area contributed by atoms with Crippen molar-refractivity contribution in [1.82, 2.24) is 15.2 Å². The number of nitrogens with one attached hydrogen (secondary N) is 1. The molecule has 1 aromatic rings. The van der Waals surface area contributed by atoms with E-state index in [-0.39, 0.29) is 23.9 Å². The molecule has 3 N–H and O–H groups in total. The lowest BCUT2D eigenvalue weighted by molar-refractivity contribution is -0.128.